The largest absolute Gasteiger partial charge is 0.493 e. The number of hydrogen-bond acceptors (Lipinski definition) is 6. The average molecular weight is 651 g/mol. The predicted molar refractivity (Wildman–Crippen MR) is 152 cm³/mol. The Bertz CT molecular complexity index is 1410. The highest BCUT2D eigenvalue weighted by molar-refractivity contribution is 6.31. The molecule has 3 aromatic rings. The Hall–Kier alpha value is -3.29. The Morgan fingerprint density at radius 2 is 1.57 bits per heavy atom. The van der Waals surface area contributed by atoms with E-state index in [1.54, 1.807) is 0 Å². The van der Waals surface area contributed by atoms with Gasteiger partial charge in [0.2, 0.25) is 0 Å². The lowest BCUT2D eigenvalue weighted by Gasteiger charge is -2.20. The molecule has 0 fully saturated rings. The fourth-order valence-corrected chi connectivity index (χ4v) is 4.52. The summed E-state index contributed by atoms with van der Waals surface area (Å²) < 4.78 is 105. The fourth-order valence-electron chi connectivity index (χ4n) is 4.30. The van der Waals surface area contributed by atoms with E-state index in [-0.39, 0.29) is 40.5 Å². The molecule has 0 spiro atoms. The maximum absolute atomic E-state index is 13.8. The zero-order valence-electron chi connectivity index (χ0n) is 24.4. The first-order valence-electron chi connectivity index (χ1n) is 13.9. The molecule has 0 saturated heterocycles. The number of ether oxygens (including phenoxy) is 4. The van der Waals surface area contributed by atoms with Crippen molar-refractivity contribution in [1.29, 1.82) is 0 Å². The van der Waals surface area contributed by atoms with Crippen LogP contribution in [0.2, 0.25) is 5.02 Å². The van der Waals surface area contributed by atoms with Crippen molar-refractivity contribution in [3.8, 4) is 33.9 Å². The summed E-state index contributed by atoms with van der Waals surface area (Å²) in [4.78, 5) is 12.2. The van der Waals surface area contributed by atoms with E-state index < -0.39 is 34.6 Å². The highest BCUT2D eigenvalue weighted by Gasteiger charge is 2.36. The number of nitrogens with zero attached hydrogens (tertiary/aromatic N) is 2. The van der Waals surface area contributed by atoms with Crippen molar-refractivity contribution in [3.05, 3.63) is 52.7 Å². The number of hydrogen-bond donors (Lipinski definition) is 0. The van der Waals surface area contributed by atoms with Crippen LogP contribution in [0.5, 0.6) is 11.5 Å². The maximum Gasteiger partial charge on any atom is 0.435 e. The smallest absolute Gasteiger partial charge is 0.435 e. The van der Waals surface area contributed by atoms with Crippen molar-refractivity contribution in [3.63, 3.8) is 0 Å². The normalized spacial score (nSPS) is 12.0. The van der Waals surface area contributed by atoms with Gasteiger partial charge in [-0.2, -0.15) is 31.4 Å². The lowest BCUT2D eigenvalue weighted by Crippen LogP contribution is -2.09. The monoisotopic (exact) mass is 650 g/mol. The van der Waals surface area contributed by atoms with E-state index in [0.717, 1.165) is 42.6 Å². The van der Waals surface area contributed by atoms with E-state index in [9.17, 15) is 31.1 Å². The standard InChI is InChI=1S/C30H33ClF6N2O5/c1-4-12-41-15-16-42-13-6-5-7-14-43-25-11-9-21(24-18-26(30(35,36)37)38-39(24)3)28(44-19(2)40)27(25)20-8-10-23(31)22(17-20)29(32,33)34/h8-11,17-18H,4-7,12-16H2,1-3H3. The number of halogens is 7. The summed E-state index contributed by atoms with van der Waals surface area (Å²) in [6, 6.07) is 6.61. The van der Waals surface area contributed by atoms with E-state index in [2.05, 4.69) is 5.10 Å². The number of benzene rings is 2. The third kappa shape index (κ3) is 9.60. The summed E-state index contributed by atoms with van der Waals surface area (Å²) in [6.45, 7) is 5.40. The van der Waals surface area contributed by atoms with Crippen molar-refractivity contribution >= 4 is 17.6 Å². The minimum atomic E-state index is -4.82. The molecule has 0 N–H and O–H groups in total. The van der Waals surface area contributed by atoms with Gasteiger partial charge in [-0.15, -0.1) is 0 Å². The number of rotatable bonds is 15. The molecule has 7 nitrogen and oxygen atoms in total. The van der Waals surface area contributed by atoms with Gasteiger partial charge in [0.05, 0.1) is 41.7 Å². The highest BCUT2D eigenvalue weighted by atomic mass is 35.5. The number of esters is 1. The number of aromatic nitrogens is 2. The van der Waals surface area contributed by atoms with Gasteiger partial charge >= 0.3 is 18.3 Å². The number of unbranched alkanes of at least 4 members (excludes halogenated alkanes) is 2. The predicted octanol–water partition coefficient (Wildman–Crippen LogP) is 8.36. The molecule has 0 saturated carbocycles. The molecule has 0 bridgehead atoms. The summed E-state index contributed by atoms with van der Waals surface area (Å²) in [5, 5.41) is 2.95. The SMILES string of the molecule is CCCOCCOCCCCCOc1ccc(-c2cc(C(F)(F)F)nn2C)c(OC(C)=O)c1-c1ccc(Cl)c(C(F)(F)F)c1. The topological polar surface area (TPSA) is 71.8 Å². The third-order valence-corrected chi connectivity index (χ3v) is 6.61. The number of carbonyl (C=O) groups is 1. The van der Waals surface area contributed by atoms with Gasteiger partial charge in [-0.05, 0) is 61.6 Å². The van der Waals surface area contributed by atoms with Crippen molar-refractivity contribution in [2.75, 3.05) is 33.0 Å². The first-order valence-corrected chi connectivity index (χ1v) is 14.2. The first-order chi connectivity index (χ1) is 20.7. The Morgan fingerprint density at radius 1 is 0.886 bits per heavy atom. The third-order valence-electron chi connectivity index (χ3n) is 6.28. The van der Waals surface area contributed by atoms with E-state index >= 15 is 0 Å². The lowest BCUT2D eigenvalue weighted by atomic mass is 9.96. The molecule has 1 aromatic heterocycles. The quantitative estimate of drug-likeness (QED) is 0.0713. The zero-order valence-corrected chi connectivity index (χ0v) is 25.2. The van der Waals surface area contributed by atoms with Crippen LogP contribution >= 0.6 is 11.6 Å². The van der Waals surface area contributed by atoms with Gasteiger partial charge < -0.3 is 18.9 Å². The Kier molecular flexibility index (Phi) is 12.5. The number of alkyl halides is 6. The highest BCUT2D eigenvalue weighted by Crippen LogP contribution is 2.47. The molecule has 0 radical (unpaired) electrons. The number of carbonyl (C=O) groups excluding carboxylic acids is 1. The molecule has 2 aromatic carbocycles. The summed E-state index contributed by atoms with van der Waals surface area (Å²) in [6.07, 6.45) is -6.65. The van der Waals surface area contributed by atoms with Gasteiger partial charge in [-0.1, -0.05) is 24.6 Å². The van der Waals surface area contributed by atoms with Crippen molar-refractivity contribution in [1.82, 2.24) is 9.78 Å². The molecule has 3 rings (SSSR count). The van der Waals surface area contributed by atoms with Gasteiger partial charge in [0.15, 0.2) is 11.4 Å². The van der Waals surface area contributed by atoms with E-state index in [1.807, 2.05) is 6.92 Å². The minimum Gasteiger partial charge on any atom is -0.493 e. The lowest BCUT2D eigenvalue weighted by molar-refractivity contribution is -0.141. The molecule has 0 aliphatic heterocycles. The maximum atomic E-state index is 13.8. The van der Waals surface area contributed by atoms with Crippen molar-refractivity contribution in [2.45, 2.75) is 51.9 Å². The summed E-state index contributed by atoms with van der Waals surface area (Å²) in [7, 11) is 1.26. The van der Waals surface area contributed by atoms with E-state index in [0.29, 0.717) is 39.3 Å². The second kappa shape index (κ2) is 15.6. The van der Waals surface area contributed by atoms with Gasteiger partial charge in [-0.25, -0.2) is 0 Å². The second-order valence-corrected chi connectivity index (χ2v) is 10.2. The van der Waals surface area contributed by atoms with Crippen LogP contribution in [-0.2, 0) is 33.7 Å². The second-order valence-electron chi connectivity index (χ2n) is 9.77. The van der Waals surface area contributed by atoms with Crippen molar-refractivity contribution < 1.29 is 50.1 Å². The first kappa shape index (κ1) is 35.2. The van der Waals surface area contributed by atoms with Crippen LogP contribution in [-0.4, -0.2) is 48.8 Å². The van der Waals surface area contributed by atoms with Crippen LogP contribution in [0.15, 0.2) is 36.4 Å². The van der Waals surface area contributed by atoms with Gasteiger partial charge in [0.25, 0.3) is 0 Å². The number of aryl methyl sites for hydroxylation is 1. The Labute approximate surface area is 256 Å². The minimum absolute atomic E-state index is 0.0170. The van der Waals surface area contributed by atoms with Crippen LogP contribution in [0.3, 0.4) is 0 Å². The van der Waals surface area contributed by atoms with Crippen molar-refractivity contribution in [2.24, 2.45) is 7.05 Å². The molecule has 44 heavy (non-hydrogen) atoms. The Balaban J connectivity index is 1.97. The van der Waals surface area contributed by atoms with Crippen LogP contribution in [0.25, 0.3) is 22.4 Å². The average Bonchev–Trinajstić information content (AvgIpc) is 3.33. The van der Waals surface area contributed by atoms with Gasteiger partial charge in [0, 0.05) is 32.7 Å². The molecule has 242 valence electrons. The van der Waals surface area contributed by atoms with Crippen LogP contribution in [0.1, 0.15) is 50.8 Å². The van der Waals surface area contributed by atoms with Crippen LogP contribution < -0.4 is 9.47 Å². The molecule has 0 atom stereocenters. The van der Waals surface area contributed by atoms with Crippen LogP contribution in [0, 0.1) is 0 Å². The zero-order chi connectivity index (χ0) is 32.5. The molecular formula is C30H33ClF6N2O5. The fraction of sp³-hybridized carbons (Fsp3) is 0.467. The summed E-state index contributed by atoms with van der Waals surface area (Å²) in [5.41, 5.74) is -2.60. The van der Waals surface area contributed by atoms with E-state index in [4.69, 9.17) is 30.5 Å². The van der Waals surface area contributed by atoms with Crippen LogP contribution in [0.4, 0.5) is 26.3 Å². The molecule has 0 unspecified atom stereocenters. The summed E-state index contributed by atoms with van der Waals surface area (Å²) in [5.74, 6) is -1.09. The molecule has 0 aliphatic carbocycles. The molecule has 0 amide bonds. The van der Waals surface area contributed by atoms with Gasteiger partial charge in [0.1, 0.15) is 5.75 Å². The molecule has 1 heterocycles. The van der Waals surface area contributed by atoms with E-state index in [1.165, 1.54) is 25.2 Å². The molecular weight excluding hydrogens is 618 g/mol. The van der Waals surface area contributed by atoms with Gasteiger partial charge in [-0.3, -0.25) is 9.48 Å². The molecule has 0 aliphatic rings. The Morgan fingerprint density at radius 3 is 2.18 bits per heavy atom. The molecule has 14 heteroatoms. The summed E-state index contributed by atoms with van der Waals surface area (Å²) >= 11 is 5.84.